The van der Waals surface area contributed by atoms with E-state index < -0.39 is 18.5 Å². The van der Waals surface area contributed by atoms with Gasteiger partial charge >= 0.3 is 18.5 Å². The Balaban J connectivity index is 1.83. The van der Waals surface area contributed by atoms with E-state index in [-0.39, 0.29) is 11.8 Å². The van der Waals surface area contributed by atoms with Crippen molar-refractivity contribution in [2.45, 2.75) is 25.2 Å². The van der Waals surface area contributed by atoms with Crippen molar-refractivity contribution in [2.24, 2.45) is 0 Å². The number of carbonyl (C=O) groups is 2. The Morgan fingerprint density at radius 1 is 1.17 bits per heavy atom. The molecule has 1 aromatic carbocycles. The Kier molecular flexibility index (Phi) is 5.37. The molecule has 0 atom stereocenters. The molecule has 3 amide bonds. The number of benzene rings is 1. The molecule has 132 valence electrons. The van der Waals surface area contributed by atoms with Crippen molar-refractivity contribution in [1.29, 1.82) is 0 Å². The molecule has 0 spiro atoms. The lowest BCUT2D eigenvalue weighted by molar-refractivity contribution is -0.274. The van der Waals surface area contributed by atoms with Crippen LogP contribution in [0.3, 0.4) is 0 Å². The summed E-state index contributed by atoms with van der Waals surface area (Å²) in [5, 5.41) is 13.6. The van der Waals surface area contributed by atoms with Crippen LogP contribution in [0.25, 0.3) is 0 Å². The molecular weight excluding hydrogens is 331 g/mol. The molecule has 7 nitrogen and oxygen atoms in total. The summed E-state index contributed by atoms with van der Waals surface area (Å²) in [5.41, 5.74) is 0.334. The number of nitrogens with one attached hydrogen (secondary N) is 2. The zero-order valence-corrected chi connectivity index (χ0v) is 12.5. The number of amides is 3. The third-order valence-electron chi connectivity index (χ3n) is 3.45. The lowest BCUT2D eigenvalue weighted by Crippen LogP contribution is -2.47. The quantitative estimate of drug-likeness (QED) is 0.784. The number of halogens is 3. The lowest BCUT2D eigenvalue weighted by Gasteiger charge is -2.31. The molecule has 1 aliphatic heterocycles. The fraction of sp³-hybridized carbons (Fsp3) is 0.429. The molecule has 3 N–H and O–H groups in total. The highest BCUT2D eigenvalue weighted by atomic mass is 19.4. The third-order valence-corrected chi connectivity index (χ3v) is 3.45. The highest BCUT2D eigenvalue weighted by molar-refractivity contribution is 5.89. The molecule has 1 aromatic rings. The van der Waals surface area contributed by atoms with Gasteiger partial charge in [-0.3, -0.25) is 0 Å². The van der Waals surface area contributed by atoms with Crippen LogP contribution in [0.2, 0.25) is 0 Å². The minimum Gasteiger partial charge on any atom is -0.465 e. The Morgan fingerprint density at radius 2 is 1.75 bits per heavy atom. The van der Waals surface area contributed by atoms with Gasteiger partial charge in [0.2, 0.25) is 0 Å². The SMILES string of the molecule is O=C(O)NC1CCN(C(=O)Nc2ccc(OC(F)(F)F)cc2)CC1. The normalized spacial score (nSPS) is 15.7. The van der Waals surface area contributed by atoms with Crippen molar-refractivity contribution in [3.05, 3.63) is 24.3 Å². The minimum atomic E-state index is -4.76. The Labute approximate surface area is 135 Å². The van der Waals surface area contributed by atoms with Gasteiger partial charge in [0, 0.05) is 24.8 Å². The molecule has 0 aliphatic carbocycles. The van der Waals surface area contributed by atoms with E-state index in [4.69, 9.17) is 5.11 Å². The molecule has 2 rings (SSSR count). The molecular formula is C14H16F3N3O4. The average molecular weight is 347 g/mol. The summed E-state index contributed by atoms with van der Waals surface area (Å²) < 4.78 is 39.9. The summed E-state index contributed by atoms with van der Waals surface area (Å²) in [6.07, 6.45) is -4.87. The second-order valence-electron chi connectivity index (χ2n) is 5.21. The van der Waals surface area contributed by atoms with E-state index in [1.54, 1.807) is 0 Å². The number of rotatable bonds is 3. The monoisotopic (exact) mass is 347 g/mol. The first-order chi connectivity index (χ1) is 11.2. The summed E-state index contributed by atoms with van der Waals surface area (Å²) >= 11 is 0. The zero-order valence-electron chi connectivity index (χ0n) is 12.5. The molecule has 0 bridgehead atoms. The number of carbonyl (C=O) groups excluding carboxylic acids is 1. The number of carboxylic acid groups (broad SMARTS) is 1. The van der Waals surface area contributed by atoms with Crippen molar-refractivity contribution >= 4 is 17.8 Å². The number of likely N-dealkylation sites (tertiary alicyclic amines) is 1. The molecule has 0 saturated carbocycles. The molecule has 1 heterocycles. The lowest BCUT2D eigenvalue weighted by atomic mass is 10.1. The van der Waals surface area contributed by atoms with E-state index >= 15 is 0 Å². The van der Waals surface area contributed by atoms with Crippen molar-refractivity contribution in [2.75, 3.05) is 18.4 Å². The molecule has 1 fully saturated rings. The Hall–Kier alpha value is -2.65. The first-order valence-corrected chi connectivity index (χ1v) is 7.14. The van der Waals surface area contributed by atoms with E-state index in [0.29, 0.717) is 31.6 Å². The molecule has 24 heavy (non-hydrogen) atoms. The second kappa shape index (κ2) is 7.28. The van der Waals surface area contributed by atoms with Gasteiger partial charge in [-0.05, 0) is 37.1 Å². The third kappa shape index (κ3) is 5.52. The van der Waals surface area contributed by atoms with Crippen LogP contribution in [0.4, 0.5) is 28.4 Å². The van der Waals surface area contributed by atoms with Gasteiger partial charge in [-0.1, -0.05) is 0 Å². The molecule has 10 heteroatoms. The van der Waals surface area contributed by atoms with Gasteiger partial charge in [-0.15, -0.1) is 13.2 Å². The van der Waals surface area contributed by atoms with Crippen LogP contribution in [0.15, 0.2) is 24.3 Å². The maximum atomic E-state index is 12.1. The van der Waals surface area contributed by atoms with E-state index in [2.05, 4.69) is 15.4 Å². The average Bonchev–Trinajstić information content (AvgIpc) is 2.48. The van der Waals surface area contributed by atoms with Gasteiger partial charge in [0.15, 0.2) is 0 Å². The number of hydrogen-bond donors (Lipinski definition) is 3. The molecule has 1 saturated heterocycles. The standard InChI is InChI=1S/C14H16F3N3O4/c15-14(16,17)24-11-3-1-9(2-4-11)18-12(21)20-7-5-10(6-8-20)19-13(22)23/h1-4,10,19H,5-8H2,(H,18,21)(H,22,23). The van der Waals surface area contributed by atoms with Crippen LogP contribution in [0.5, 0.6) is 5.75 Å². The fourth-order valence-electron chi connectivity index (χ4n) is 2.34. The maximum absolute atomic E-state index is 12.1. The number of nitrogens with zero attached hydrogens (tertiary/aromatic N) is 1. The number of ether oxygens (including phenoxy) is 1. The summed E-state index contributed by atoms with van der Waals surface area (Å²) in [5.74, 6) is -0.374. The predicted octanol–water partition coefficient (Wildman–Crippen LogP) is 2.85. The number of hydrogen-bond acceptors (Lipinski definition) is 3. The minimum absolute atomic E-state index is 0.189. The zero-order chi connectivity index (χ0) is 17.7. The van der Waals surface area contributed by atoms with E-state index in [1.807, 2.05) is 0 Å². The summed E-state index contributed by atoms with van der Waals surface area (Å²) in [6.45, 7) is 0.762. The number of urea groups is 1. The van der Waals surface area contributed by atoms with Crippen LogP contribution < -0.4 is 15.4 Å². The number of piperidine rings is 1. The maximum Gasteiger partial charge on any atom is 0.573 e. The van der Waals surface area contributed by atoms with E-state index in [9.17, 15) is 22.8 Å². The van der Waals surface area contributed by atoms with Crippen molar-refractivity contribution < 1.29 is 32.6 Å². The first-order valence-electron chi connectivity index (χ1n) is 7.14. The highest BCUT2D eigenvalue weighted by Gasteiger charge is 2.31. The van der Waals surface area contributed by atoms with E-state index in [0.717, 1.165) is 12.1 Å². The summed E-state index contributed by atoms with van der Waals surface area (Å²) in [7, 11) is 0. The first kappa shape index (κ1) is 17.7. The van der Waals surface area contributed by atoms with Gasteiger partial charge < -0.3 is 25.4 Å². The van der Waals surface area contributed by atoms with Gasteiger partial charge in [-0.2, -0.15) is 0 Å². The Bertz CT molecular complexity index is 584. The fourth-order valence-corrected chi connectivity index (χ4v) is 2.34. The molecule has 0 aromatic heterocycles. The van der Waals surface area contributed by atoms with Gasteiger partial charge in [0.1, 0.15) is 5.75 Å². The number of anilines is 1. The predicted molar refractivity (Wildman–Crippen MR) is 77.9 cm³/mol. The van der Waals surface area contributed by atoms with Gasteiger partial charge in [0.25, 0.3) is 0 Å². The summed E-state index contributed by atoms with van der Waals surface area (Å²) in [6, 6.07) is 4.23. The van der Waals surface area contributed by atoms with Crippen LogP contribution >= 0.6 is 0 Å². The van der Waals surface area contributed by atoms with Crippen molar-refractivity contribution in [1.82, 2.24) is 10.2 Å². The van der Waals surface area contributed by atoms with E-state index in [1.165, 1.54) is 17.0 Å². The second-order valence-corrected chi connectivity index (χ2v) is 5.21. The van der Waals surface area contributed by atoms with Crippen molar-refractivity contribution in [3.8, 4) is 5.75 Å². The topological polar surface area (TPSA) is 90.9 Å². The number of alkyl halides is 3. The molecule has 0 radical (unpaired) electrons. The van der Waals surface area contributed by atoms with Crippen LogP contribution in [0, 0.1) is 0 Å². The molecule has 1 aliphatic rings. The van der Waals surface area contributed by atoms with Crippen LogP contribution in [0.1, 0.15) is 12.8 Å². The molecule has 0 unspecified atom stereocenters. The van der Waals surface area contributed by atoms with Crippen LogP contribution in [-0.4, -0.2) is 47.6 Å². The van der Waals surface area contributed by atoms with Gasteiger partial charge in [-0.25, -0.2) is 9.59 Å². The summed E-state index contributed by atoms with van der Waals surface area (Å²) in [4.78, 5) is 24.1. The largest absolute Gasteiger partial charge is 0.573 e. The van der Waals surface area contributed by atoms with Gasteiger partial charge in [0.05, 0.1) is 0 Å². The van der Waals surface area contributed by atoms with Crippen LogP contribution in [-0.2, 0) is 0 Å². The highest BCUT2D eigenvalue weighted by Crippen LogP contribution is 2.24. The smallest absolute Gasteiger partial charge is 0.465 e. The van der Waals surface area contributed by atoms with Crippen molar-refractivity contribution in [3.63, 3.8) is 0 Å². The Morgan fingerprint density at radius 3 is 2.25 bits per heavy atom.